The van der Waals surface area contributed by atoms with Crippen LogP contribution in [-0.4, -0.2) is 37.5 Å². The van der Waals surface area contributed by atoms with Gasteiger partial charge in [0.1, 0.15) is 6.04 Å². The normalized spacial score (nSPS) is 12.2. The Morgan fingerprint density at radius 3 is 2.56 bits per heavy atom. The van der Waals surface area contributed by atoms with Crippen molar-refractivity contribution in [2.45, 2.75) is 19.9 Å². The average molecular weight is 339 g/mol. The summed E-state index contributed by atoms with van der Waals surface area (Å²) in [6, 6.07) is 5.15. The number of rotatable bonds is 5. The molecule has 0 spiro atoms. The number of nitrogens with one attached hydrogen (secondary N) is 2. The molecule has 1 amide bonds. The van der Waals surface area contributed by atoms with E-state index >= 15 is 0 Å². The largest absolute Gasteiger partial charge is 0.323 e. The lowest BCUT2D eigenvalue weighted by molar-refractivity contribution is -0.118. The maximum absolute atomic E-state index is 12.5. The van der Waals surface area contributed by atoms with Gasteiger partial charge in [0.05, 0.1) is 23.8 Å². The monoisotopic (exact) mass is 339 g/mol. The third kappa shape index (κ3) is 3.58. The van der Waals surface area contributed by atoms with Crippen LogP contribution in [0.5, 0.6) is 0 Å². The van der Waals surface area contributed by atoms with E-state index in [1.54, 1.807) is 28.8 Å². The predicted octanol–water partition coefficient (Wildman–Crippen LogP) is 1.52. The molecule has 1 atom stereocenters. The summed E-state index contributed by atoms with van der Waals surface area (Å²) in [6.07, 6.45) is 5.11. The molecule has 3 rings (SSSR count). The van der Waals surface area contributed by atoms with E-state index in [-0.39, 0.29) is 5.91 Å². The lowest BCUT2D eigenvalue weighted by Gasteiger charge is -2.14. The van der Waals surface area contributed by atoms with Gasteiger partial charge in [0.2, 0.25) is 5.91 Å². The van der Waals surface area contributed by atoms with Gasteiger partial charge >= 0.3 is 0 Å². The summed E-state index contributed by atoms with van der Waals surface area (Å²) < 4.78 is 3.44. The molecule has 3 heterocycles. The minimum Gasteiger partial charge on any atom is -0.323 e. The first-order valence-corrected chi connectivity index (χ1v) is 7.94. The van der Waals surface area contributed by atoms with Crippen molar-refractivity contribution in [2.24, 2.45) is 7.05 Å². The Bertz CT molecular complexity index is 879. The van der Waals surface area contributed by atoms with Crippen molar-refractivity contribution in [3.63, 3.8) is 0 Å². The van der Waals surface area contributed by atoms with E-state index in [1.165, 1.54) is 0 Å². The highest BCUT2D eigenvalue weighted by Crippen LogP contribution is 2.16. The lowest BCUT2D eigenvalue weighted by atomic mass is 10.1. The number of aryl methyl sites for hydroxylation is 3. The molecule has 25 heavy (non-hydrogen) atoms. The molecule has 3 aromatic rings. The number of hydrogen-bond acceptors (Lipinski definition) is 5. The highest BCUT2D eigenvalue weighted by atomic mass is 16.2. The van der Waals surface area contributed by atoms with Crippen molar-refractivity contribution in [3.8, 4) is 5.82 Å². The van der Waals surface area contributed by atoms with Crippen molar-refractivity contribution in [2.75, 3.05) is 12.4 Å². The molecule has 0 bridgehead atoms. The van der Waals surface area contributed by atoms with E-state index in [1.807, 2.05) is 45.3 Å². The van der Waals surface area contributed by atoms with Gasteiger partial charge < -0.3 is 10.6 Å². The molecule has 130 valence electrons. The first kappa shape index (κ1) is 16.8. The van der Waals surface area contributed by atoms with Crippen LogP contribution in [0.4, 0.5) is 5.69 Å². The molecule has 1 unspecified atom stereocenters. The number of hydrogen-bond donors (Lipinski definition) is 2. The molecule has 0 saturated carbocycles. The number of pyridine rings is 1. The molecule has 8 nitrogen and oxygen atoms in total. The van der Waals surface area contributed by atoms with Crippen molar-refractivity contribution in [1.29, 1.82) is 0 Å². The van der Waals surface area contributed by atoms with Gasteiger partial charge in [-0.2, -0.15) is 10.2 Å². The van der Waals surface area contributed by atoms with Gasteiger partial charge in [-0.15, -0.1) is 0 Å². The molecule has 0 aliphatic heterocycles. The summed E-state index contributed by atoms with van der Waals surface area (Å²) in [5.74, 6) is 0.539. The maximum Gasteiger partial charge on any atom is 0.246 e. The quantitative estimate of drug-likeness (QED) is 0.735. The van der Waals surface area contributed by atoms with Gasteiger partial charge in [0, 0.05) is 24.5 Å². The Hall–Kier alpha value is -3.00. The van der Waals surface area contributed by atoms with E-state index < -0.39 is 6.04 Å². The SMILES string of the molecule is CNC(C(=O)Nc1ccc(-n2nc(C)cc2C)nc1)c1cnn(C)c1. The Morgan fingerprint density at radius 1 is 1.24 bits per heavy atom. The number of nitrogens with zero attached hydrogens (tertiary/aromatic N) is 5. The molecule has 0 saturated heterocycles. The van der Waals surface area contributed by atoms with E-state index in [9.17, 15) is 4.79 Å². The van der Waals surface area contributed by atoms with E-state index in [0.29, 0.717) is 11.5 Å². The summed E-state index contributed by atoms with van der Waals surface area (Å²) in [6.45, 7) is 3.91. The standard InChI is InChI=1S/C17H21N7O/c1-11-7-12(2)24(22-11)15-6-5-14(9-19-15)21-17(25)16(18-3)13-8-20-23(4)10-13/h5-10,16,18H,1-4H3,(H,21,25). The van der Waals surface area contributed by atoms with Gasteiger partial charge in [0.15, 0.2) is 5.82 Å². The van der Waals surface area contributed by atoms with Crippen molar-refractivity contribution in [1.82, 2.24) is 29.9 Å². The second-order valence-corrected chi connectivity index (χ2v) is 5.90. The van der Waals surface area contributed by atoms with Gasteiger partial charge in [0.25, 0.3) is 0 Å². The van der Waals surface area contributed by atoms with Gasteiger partial charge in [-0.05, 0) is 39.1 Å². The van der Waals surface area contributed by atoms with Crippen LogP contribution in [0.25, 0.3) is 5.82 Å². The number of aromatic nitrogens is 5. The van der Waals surface area contributed by atoms with Gasteiger partial charge in [-0.1, -0.05) is 0 Å². The van der Waals surface area contributed by atoms with E-state index in [0.717, 1.165) is 17.0 Å². The molecule has 0 fully saturated rings. The molecule has 0 aliphatic carbocycles. The predicted molar refractivity (Wildman–Crippen MR) is 94.5 cm³/mol. The topological polar surface area (TPSA) is 89.7 Å². The number of carbonyl (C=O) groups is 1. The zero-order valence-electron chi connectivity index (χ0n) is 14.7. The molecular formula is C17H21N7O. The Labute approximate surface area is 145 Å². The van der Waals surface area contributed by atoms with E-state index in [4.69, 9.17) is 0 Å². The molecule has 0 aliphatic rings. The maximum atomic E-state index is 12.5. The van der Waals surface area contributed by atoms with Crippen LogP contribution < -0.4 is 10.6 Å². The fraction of sp³-hybridized carbons (Fsp3) is 0.294. The van der Waals surface area contributed by atoms with Gasteiger partial charge in [-0.3, -0.25) is 9.48 Å². The smallest absolute Gasteiger partial charge is 0.246 e. The van der Waals surface area contributed by atoms with Crippen LogP contribution in [0, 0.1) is 13.8 Å². The van der Waals surface area contributed by atoms with Crippen LogP contribution in [0.3, 0.4) is 0 Å². The first-order chi connectivity index (χ1) is 12.0. The number of anilines is 1. The van der Waals surface area contributed by atoms with Crippen molar-refractivity contribution >= 4 is 11.6 Å². The van der Waals surface area contributed by atoms with Crippen LogP contribution in [0.15, 0.2) is 36.8 Å². The second-order valence-electron chi connectivity index (χ2n) is 5.90. The van der Waals surface area contributed by atoms with Crippen molar-refractivity contribution < 1.29 is 4.79 Å². The third-order valence-corrected chi connectivity index (χ3v) is 3.85. The minimum absolute atomic E-state index is 0.170. The fourth-order valence-electron chi connectivity index (χ4n) is 2.70. The minimum atomic E-state index is -0.482. The zero-order chi connectivity index (χ0) is 18.0. The second kappa shape index (κ2) is 6.86. The summed E-state index contributed by atoms with van der Waals surface area (Å²) in [5, 5.41) is 14.4. The third-order valence-electron chi connectivity index (χ3n) is 3.85. The number of amides is 1. The summed E-state index contributed by atoms with van der Waals surface area (Å²) in [5.41, 5.74) is 3.37. The van der Waals surface area contributed by atoms with Crippen LogP contribution in [0.1, 0.15) is 23.0 Å². The molecule has 8 heteroatoms. The Balaban J connectivity index is 1.74. The van der Waals surface area contributed by atoms with Crippen LogP contribution >= 0.6 is 0 Å². The molecular weight excluding hydrogens is 318 g/mol. The summed E-state index contributed by atoms with van der Waals surface area (Å²) in [7, 11) is 3.55. The first-order valence-electron chi connectivity index (χ1n) is 7.94. The lowest BCUT2D eigenvalue weighted by Crippen LogP contribution is -2.30. The highest BCUT2D eigenvalue weighted by molar-refractivity contribution is 5.95. The molecule has 2 N–H and O–H groups in total. The molecule has 0 aromatic carbocycles. The average Bonchev–Trinajstić information content (AvgIpc) is 3.14. The molecule has 0 radical (unpaired) electrons. The van der Waals surface area contributed by atoms with Crippen LogP contribution in [0.2, 0.25) is 0 Å². The van der Waals surface area contributed by atoms with Crippen LogP contribution in [-0.2, 0) is 11.8 Å². The van der Waals surface area contributed by atoms with Gasteiger partial charge in [-0.25, -0.2) is 9.67 Å². The Morgan fingerprint density at radius 2 is 2.04 bits per heavy atom. The van der Waals surface area contributed by atoms with Crippen molar-refractivity contribution in [3.05, 3.63) is 53.7 Å². The fourth-order valence-corrected chi connectivity index (χ4v) is 2.70. The number of carbonyl (C=O) groups excluding carboxylic acids is 1. The zero-order valence-corrected chi connectivity index (χ0v) is 14.7. The Kier molecular flexibility index (Phi) is 4.62. The summed E-state index contributed by atoms with van der Waals surface area (Å²) >= 11 is 0. The number of likely N-dealkylation sites (N-methyl/N-ethyl adjacent to an activating group) is 1. The molecule has 3 aromatic heterocycles. The highest BCUT2D eigenvalue weighted by Gasteiger charge is 2.20. The van der Waals surface area contributed by atoms with E-state index in [2.05, 4.69) is 25.8 Å². The summed E-state index contributed by atoms with van der Waals surface area (Å²) in [4.78, 5) is 16.9.